The Labute approximate surface area is 225 Å². The highest BCUT2D eigenvalue weighted by Crippen LogP contribution is 2.25. The molecule has 0 saturated carbocycles. The number of nitrogens with zero attached hydrogens (tertiary/aromatic N) is 2. The number of H-pyrrole nitrogens is 1. The van der Waals surface area contributed by atoms with Crippen molar-refractivity contribution in [3.63, 3.8) is 0 Å². The van der Waals surface area contributed by atoms with Crippen LogP contribution in [0, 0.1) is 5.92 Å². The first kappa shape index (κ1) is 25.9. The molecule has 5 rings (SSSR count). The van der Waals surface area contributed by atoms with E-state index in [1.165, 1.54) is 5.56 Å². The quantitative estimate of drug-likeness (QED) is 0.278. The SMILES string of the molecule is CCN(CC1CCCN(Cc2ccc(OC)cc2)C1)C(=O)c1cc2cc(OCc3ccccc3)ccc2[nH]1. The van der Waals surface area contributed by atoms with E-state index in [1.807, 2.05) is 59.5 Å². The van der Waals surface area contributed by atoms with E-state index in [1.54, 1.807) is 7.11 Å². The van der Waals surface area contributed by atoms with E-state index in [9.17, 15) is 4.79 Å². The predicted molar refractivity (Wildman–Crippen MR) is 152 cm³/mol. The molecule has 1 fully saturated rings. The first-order valence-corrected chi connectivity index (χ1v) is 13.6. The highest BCUT2D eigenvalue weighted by Gasteiger charge is 2.25. The van der Waals surface area contributed by atoms with Gasteiger partial charge in [-0.05, 0) is 79.8 Å². The van der Waals surface area contributed by atoms with Gasteiger partial charge in [0.15, 0.2) is 0 Å². The number of fused-ring (bicyclic) bond motifs is 1. The Morgan fingerprint density at radius 2 is 1.79 bits per heavy atom. The van der Waals surface area contributed by atoms with Gasteiger partial charge in [-0.25, -0.2) is 0 Å². The van der Waals surface area contributed by atoms with Crippen LogP contribution in [-0.2, 0) is 13.2 Å². The number of likely N-dealkylation sites (tertiary alicyclic amines) is 1. The summed E-state index contributed by atoms with van der Waals surface area (Å²) >= 11 is 0. The standard InChI is InChI=1S/C32H37N3O3/c1-3-35(22-26-10-7-17-34(21-26)20-24-11-13-28(37-2)14-12-24)32(36)31-19-27-18-29(15-16-30(27)33-31)38-23-25-8-5-4-6-9-25/h4-6,8-9,11-16,18-19,26,33H,3,7,10,17,20-23H2,1-2H3. The molecule has 0 spiro atoms. The van der Waals surface area contributed by atoms with Crippen LogP contribution in [0.15, 0.2) is 78.9 Å². The highest BCUT2D eigenvalue weighted by molar-refractivity contribution is 5.98. The van der Waals surface area contributed by atoms with Gasteiger partial charge in [-0.1, -0.05) is 42.5 Å². The van der Waals surface area contributed by atoms with Crippen molar-refractivity contribution in [3.05, 3.63) is 95.7 Å². The average molecular weight is 512 g/mol. The van der Waals surface area contributed by atoms with Crippen LogP contribution in [-0.4, -0.2) is 54.0 Å². The van der Waals surface area contributed by atoms with E-state index in [4.69, 9.17) is 9.47 Å². The number of methoxy groups -OCH3 is 1. The summed E-state index contributed by atoms with van der Waals surface area (Å²) in [6.07, 6.45) is 2.31. The molecule has 0 bridgehead atoms. The summed E-state index contributed by atoms with van der Waals surface area (Å²) in [6, 6.07) is 26.3. The number of benzene rings is 3. The summed E-state index contributed by atoms with van der Waals surface area (Å²) in [5.41, 5.74) is 3.99. The monoisotopic (exact) mass is 511 g/mol. The molecule has 0 radical (unpaired) electrons. The van der Waals surface area contributed by atoms with E-state index in [-0.39, 0.29) is 5.91 Å². The van der Waals surface area contributed by atoms with Crippen molar-refractivity contribution in [2.75, 3.05) is 33.3 Å². The van der Waals surface area contributed by atoms with E-state index in [0.29, 0.717) is 24.8 Å². The number of rotatable bonds is 10. The molecule has 1 aromatic heterocycles. The molecule has 1 N–H and O–H groups in total. The molecule has 1 amide bonds. The van der Waals surface area contributed by atoms with Crippen molar-refractivity contribution < 1.29 is 14.3 Å². The molecule has 1 unspecified atom stereocenters. The fraction of sp³-hybridized carbons (Fsp3) is 0.344. The Morgan fingerprint density at radius 1 is 1.00 bits per heavy atom. The van der Waals surface area contributed by atoms with Crippen LogP contribution >= 0.6 is 0 Å². The second-order valence-electron chi connectivity index (χ2n) is 10.1. The van der Waals surface area contributed by atoms with Crippen LogP contribution in [0.3, 0.4) is 0 Å². The Hall–Kier alpha value is -3.77. The van der Waals surface area contributed by atoms with Gasteiger partial charge in [0.2, 0.25) is 0 Å². The first-order valence-electron chi connectivity index (χ1n) is 13.6. The molecule has 4 aromatic rings. The zero-order valence-electron chi connectivity index (χ0n) is 22.4. The van der Waals surface area contributed by atoms with Gasteiger partial charge < -0.3 is 19.4 Å². The number of ether oxygens (including phenoxy) is 2. The zero-order chi connectivity index (χ0) is 26.3. The van der Waals surface area contributed by atoms with Crippen LogP contribution in [0.4, 0.5) is 0 Å². The predicted octanol–water partition coefficient (Wildman–Crippen LogP) is 6.13. The van der Waals surface area contributed by atoms with Gasteiger partial charge in [-0.15, -0.1) is 0 Å². The molecular formula is C32H37N3O3. The van der Waals surface area contributed by atoms with E-state index >= 15 is 0 Å². The third kappa shape index (κ3) is 6.37. The van der Waals surface area contributed by atoms with Crippen molar-refractivity contribution in [2.45, 2.75) is 32.9 Å². The lowest BCUT2D eigenvalue weighted by molar-refractivity contribution is 0.0680. The van der Waals surface area contributed by atoms with Gasteiger partial charge in [0, 0.05) is 37.1 Å². The maximum Gasteiger partial charge on any atom is 0.270 e. The lowest BCUT2D eigenvalue weighted by Crippen LogP contribution is -2.42. The third-order valence-corrected chi connectivity index (χ3v) is 7.39. The number of carbonyl (C=O) groups excluding carboxylic acids is 1. The summed E-state index contributed by atoms with van der Waals surface area (Å²) in [6.45, 7) is 7.07. The van der Waals surface area contributed by atoms with Crippen LogP contribution in [0.5, 0.6) is 11.5 Å². The minimum atomic E-state index is 0.0581. The van der Waals surface area contributed by atoms with Gasteiger partial charge in [-0.3, -0.25) is 9.69 Å². The van der Waals surface area contributed by atoms with Crippen LogP contribution < -0.4 is 9.47 Å². The molecule has 3 aromatic carbocycles. The largest absolute Gasteiger partial charge is 0.497 e. The maximum absolute atomic E-state index is 13.5. The number of aromatic nitrogens is 1. The zero-order valence-corrected chi connectivity index (χ0v) is 22.4. The van der Waals surface area contributed by atoms with Crippen molar-refractivity contribution >= 4 is 16.8 Å². The Morgan fingerprint density at radius 3 is 2.55 bits per heavy atom. The van der Waals surface area contributed by atoms with Crippen LogP contribution in [0.25, 0.3) is 10.9 Å². The van der Waals surface area contributed by atoms with Crippen molar-refractivity contribution in [1.29, 1.82) is 0 Å². The van der Waals surface area contributed by atoms with Gasteiger partial charge in [0.1, 0.15) is 23.8 Å². The fourth-order valence-corrected chi connectivity index (χ4v) is 5.33. The summed E-state index contributed by atoms with van der Waals surface area (Å²) in [7, 11) is 1.69. The number of amides is 1. The van der Waals surface area contributed by atoms with E-state index < -0.39 is 0 Å². The molecule has 2 heterocycles. The lowest BCUT2D eigenvalue weighted by Gasteiger charge is -2.35. The Balaban J connectivity index is 1.20. The summed E-state index contributed by atoms with van der Waals surface area (Å²) < 4.78 is 11.3. The van der Waals surface area contributed by atoms with Gasteiger partial charge in [0.25, 0.3) is 5.91 Å². The second kappa shape index (κ2) is 12.2. The van der Waals surface area contributed by atoms with Crippen LogP contribution in [0.1, 0.15) is 41.4 Å². The van der Waals surface area contributed by atoms with Crippen LogP contribution in [0.2, 0.25) is 0 Å². The van der Waals surface area contributed by atoms with Gasteiger partial charge in [-0.2, -0.15) is 0 Å². The number of piperidine rings is 1. The number of aromatic amines is 1. The topological polar surface area (TPSA) is 57.8 Å². The third-order valence-electron chi connectivity index (χ3n) is 7.39. The Kier molecular flexibility index (Phi) is 8.29. The van der Waals surface area contributed by atoms with Gasteiger partial charge >= 0.3 is 0 Å². The van der Waals surface area contributed by atoms with E-state index in [0.717, 1.165) is 67.0 Å². The minimum Gasteiger partial charge on any atom is -0.497 e. The van der Waals surface area contributed by atoms with Crippen molar-refractivity contribution in [1.82, 2.24) is 14.8 Å². The van der Waals surface area contributed by atoms with Crippen molar-refractivity contribution in [3.8, 4) is 11.5 Å². The number of hydrogen-bond acceptors (Lipinski definition) is 4. The number of carbonyl (C=O) groups is 1. The molecule has 6 nitrogen and oxygen atoms in total. The second-order valence-corrected chi connectivity index (χ2v) is 10.1. The van der Waals surface area contributed by atoms with Gasteiger partial charge in [0.05, 0.1) is 7.11 Å². The highest BCUT2D eigenvalue weighted by atomic mass is 16.5. The molecule has 1 atom stereocenters. The molecular weight excluding hydrogens is 474 g/mol. The smallest absolute Gasteiger partial charge is 0.270 e. The number of hydrogen-bond donors (Lipinski definition) is 1. The molecule has 0 aliphatic carbocycles. The lowest BCUT2D eigenvalue weighted by atomic mass is 9.96. The normalized spacial score (nSPS) is 15.9. The first-order chi connectivity index (χ1) is 18.6. The van der Waals surface area contributed by atoms with E-state index in [2.05, 4.69) is 41.1 Å². The average Bonchev–Trinajstić information content (AvgIpc) is 3.39. The fourth-order valence-electron chi connectivity index (χ4n) is 5.33. The summed E-state index contributed by atoms with van der Waals surface area (Å²) in [4.78, 5) is 21.3. The van der Waals surface area contributed by atoms with Crippen molar-refractivity contribution in [2.24, 2.45) is 5.92 Å². The minimum absolute atomic E-state index is 0.0581. The number of nitrogens with one attached hydrogen (secondary N) is 1. The Bertz CT molecular complexity index is 1330. The molecule has 6 heteroatoms. The molecule has 198 valence electrons. The summed E-state index contributed by atoms with van der Waals surface area (Å²) in [5, 5.41) is 0.985. The molecule has 1 aliphatic rings. The summed E-state index contributed by atoms with van der Waals surface area (Å²) in [5.74, 6) is 2.21. The molecule has 38 heavy (non-hydrogen) atoms. The molecule has 1 saturated heterocycles. The molecule has 1 aliphatic heterocycles. The maximum atomic E-state index is 13.5.